The minimum absolute atomic E-state index is 0.325. The fourth-order valence-electron chi connectivity index (χ4n) is 2.20. The van der Waals surface area contributed by atoms with E-state index in [1.807, 2.05) is 62.3 Å². The average molecular weight is 335 g/mol. The van der Waals surface area contributed by atoms with E-state index in [0.29, 0.717) is 13.2 Å². The van der Waals surface area contributed by atoms with Crippen LogP contribution in [-0.2, 0) is 18.5 Å². The molecule has 0 N–H and O–H groups in total. The molecule has 1 atom stereocenters. The molecule has 0 saturated carbocycles. The van der Waals surface area contributed by atoms with Crippen LogP contribution in [0.4, 0.5) is 0 Å². The Balaban J connectivity index is 5.99. The fraction of sp³-hybridized carbons (Fsp3) is 0.875. The Bertz CT molecular complexity index is 386. The second kappa shape index (κ2) is 8.49. The molecular weight excluding hydrogens is 301 g/mol. The van der Waals surface area contributed by atoms with E-state index in [4.69, 9.17) is 13.9 Å². The lowest BCUT2D eigenvalue weighted by atomic mass is 9.94. The minimum atomic E-state index is -3.38. The van der Waals surface area contributed by atoms with Gasteiger partial charge in [0.2, 0.25) is 0 Å². The molecule has 5 nitrogen and oxygen atoms in total. The number of nitrogens with zero attached hydrogens (tertiary/aromatic N) is 1. The van der Waals surface area contributed by atoms with Crippen molar-refractivity contribution in [2.24, 2.45) is 5.41 Å². The third-order valence-electron chi connectivity index (χ3n) is 2.89. The highest BCUT2D eigenvalue weighted by Gasteiger charge is 2.51. The summed E-state index contributed by atoms with van der Waals surface area (Å²) in [5, 5.41) is 1.74. The van der Waals surface area contributed by atoms with Gasteiger partial charge in [-0.05, 0) is 47.0 Å². The normalized spacial score (nSPS) is 15.5. The molecule has 0 aliphatic carbocycles. The molecule has 132 valence electrons. The van der Waals surface area contributed by atoms with Crippen LogP contribution in [-0.4, -0.2) is 29.6 Å². The SMILES string of the molecule is C/C=C/ON(C(C(C)(C)C)P(=O)(OCC)OCC)C(C)(C)C. The summed E-state index contributed by atoms with van der Waals surface area (Å²) in [7, 11) is -3.38. The van der Waals surface area contributed by atoms with E-state index < -0.39 is 13.4 Å². The van der Waals surface area contributed by atoms with Crippen LogP contribution in [0.25, 0.3) is 0 Å². The second-order valence-electron chi connectivity index (χ2n) is 7.19. The maximum absolute atomic E-state index is 13.4. The first-order valence-corrected chi connectivity index (χ1v) is 9.51. The Morgan fingerprint density at radius 2 is 1.50 bits per heavy atom. The Morgan fingerprint density at radius 1 is 1.05 bits per heavy atom. The summed E-state index contributed by atoms with van der Waals surface area (Å²) in [5.41, 5.74) is -0.740. The van der Waals surface area contributed by atoms with Crippen LogP contribution in [0.3, 0.4) is 0 Å². The lowest BCUT2D eigenvalue weighted by molar-refractivity contribution is -0.197. The molecule has 0 aliphatic heterocycles. The molecule has 22 heavy (non-hydrogen) atoms. The molecule has 0 saturated heterocycles. The molecule has 1 unspecified atom stereocenters. The van der Waals surface area contributed by atoms with Gasteiger partial charge in [0.05, 0.1) is 13.2 Å². The zero-order chi connectivity index (χ0) is 17.6. The van der Waals surface area contributed by atoms with E-state index in [0.717, 1.165) is 0 Å². The first-order chi connectivity index (χ1) is 9.94. The van der Waals surface area contributed by atoms with Crippen LogP contribution in [0.15, 0.2) is 12.3 Å². The van der Waals surface area contributed by atoms with Gasteiger partial charge in [0.15, 0.2) is 5.78 Å². The molecule has 6 heteroatoms. The Morgan fingerprint density at radius 3 is 1.77 bits per heavy atom. The highest BCUT2D eigenvalue weighted by atomic mass is 31.2. The van der Waals surface area contributed by atoms with Crippen molar-refractivity contribution in [2.45, 2.75) is 73.6 Å². The van der Waals surface area contributed by atoms with Crippen LogP contribution in [0, 0.1) is 5.41 Å². The fourth-order valence-corrected chi connectivity index (χ4v) is 4.89. The average Bonchev–Trinajstić information content (AvgIpc) is 2.31. The van der Waals surface area contributed by atoms with Gasteiger partial charge in [-0.3, -0.25) is 4.57 Å². The van der Waals surface area contributed by atoms with E-state index in [1.54, 1.807) is 17.4 Å². The molecular formula is C16H34NO4P. The van der Waals surface area contributed by atoms with Crippen molar-refractivity contribution in [3.8, 4) is 0 Å². The van der Waals surface area contributed by atoms with Gasteiger partial charge in [0.1, 0.15) is 6.26 Å². The number of hydroxylamine groups is 2. The zero-order valence-electron chi connectivity index (χ0n) is 15.7. The lowest BCUT2D eigenvalue weighted by Crippen LogP contribution is -2.52. The lowest BCUT2D eigenvalue weighted by Gasteiger charge is -2.46. The predicted molar refractivity (Wildman–Crippen MR) is 91.6 cm³/mol. The van der Waals surface area contributed by atoms with Crippen LogP contribution in [0.1, 0.15) is 62.3 Å². The Labute approximate surface area is 136 Å². The van der Waals surface area contributed by atoms with Crippen LogP contribution < -0.4 is 0 Å². The number of hydrogen-bond donors (Lipinski definition) is 0. The summed E-state index contributed by atoms with van der Waals surface area (Å²) >= 11 is 0. The third kappa shape index (κ3) is 6.04. The predicted octanol–water partition coefficient (Wildman–Crippen LogP) is 5.19. The molecule has 0 aromatic carbocycles. The van der Waals surface area contributed by atoms with E-state index in [2.05, 4.69) is 0 Å². The van der Waals surface area contributed by atoms with Gasteiger partial charge < -0.3 is 13.9 Å². The Kier molecular flexibility index (Phi) is 8.35. The number of hydrogen-bond acceptors (Lipinski definition) is 5. The standard InChI is InChI=1S/C16H34NO4P/c1-10-13-19-17(16(7,8)9)14(15(4,5)6)22(18,20-11-2)21-12-3/h10,13-14H,11-12H2,1-9H3/b13-10+. The molecule has 0 amide bonds. The smallest absolute Gasteiger partial charge is 0.351 e. The molecule has 0 spiro atoms. The summed E-state index contributed by atoms with van der Waals surface area (Å²) in [4.78, 5) is 5.80. The van der Waals surface area contributed by atoms with Gasteiger partial charge in [-0.25, -0.2) is 0 Å². The molecule has 0 aromatic rings. The van der Waals surface area contributed by atoms with E-state index in [9.17, 15) is 4.57 Å². The van der Waals surface area contributed by atoms with Gasteiger partial charge in [-0.1, -0.05) is 26.8 Å². The second-order valence-corrected chi connectivity index (χ2v) is 9.27. The minimum Gasteiger partial charge on any atom is -0.413 e. The topological polar surface area (TPSA) is 48.0 Å². The Hall–Kier alpha value is -0.350. The van der Waals surface area contributed by atoms with Crippen molar-refractivity contribution < 1.29 is 18.5 Å². The molecule has 0 aliphatic rings. The van der Waals surface area contributed by atoms with E-state index in [-0.39, 0.29) is 11.0 Å². The number of rotatable bonds is 8. The van der Waals surface area contributed by atoms with Crippen molar-refractivity contribution in [1.29, 1.82) is 0 Å². The maximum atomic E-state index is 13.4. The van der Waals surface area contributed by atoms with Crippen molar-refractivity contribution in [3.63, 3.8) is 0 Å². The van der Waals surface area contributed by atoms with Crippen LogP contribution in [0.2, 0.25) is 0 Å². The van der Waals surface area contributed by atoms with Crippen molar-refractivity contribution in [1.82, 2.24) is 5.06 Å². The van der Waals surface area contributed by atoms with Gasteiger partial charge in [-0.2, -0.15) is 0 Å². The molecule has 0 bridgehead atoms. The summed E-state index contributed by atoms with van der Waals surface area (Å²) < 4.78 is 24.6. The molecule has 0 radical (unpaired) electrons. The van der Waals surface area contributed by atoms with Gasteiger partial charge >= 0.3 is 7.60 Å². The molecule has 0 aromatic heterocycles. The molecule has 0 heterocycles. The first kappa shape index (κ1) is 21.6. The van der Waals surface area contributed by atoms with Gasteiger partial charge in [0, 0.05) is 5.54 Å². The van der Waals surface area contributed by atoms with Gasteiger partial charge in [0.25, 0.3) is 0 Å². The first-order valence-electron chi connectivity index (χ1n) is 7.90. The summed E-state index contributed by atoms with van der Waals surface area (Å²) in [6, 6.07) is 0. The van der Waals surface area contributed by atoms with Gasteiger partial charge in [-0.15, -0.1) is 5.06 Å². The largest absolute Gasteiger partial charge is 0.413 e. The van der Waals surface area contributed by atoms with E-state index in [1.165, 1.54) is 0 Å². The maximum Gasteiger partial charge on any atom is 0.351 e. The summed E-state index contributed by atoms with van der Waals surface area (Å²) in [5.74, 6) is -0.531. The molecule has 0 fully saturated rings. The summed E-state index contributed by atoms with van der Waals surface area (Å²) in [6.45, 7) is 18.2. The van der Waals surface area contributed by atoms with Crippen molar-refractivity contribution in [2.75, 3.05) is 13.2 Å². The number of allylic oxidation sites excluding steroid dienone is 1. The van der Waals surface area contributed by atoms with Crippen LogP contribution >= 0.6 is 7.60 Å². The zero-order valence-corrected chi connectivity index (χ0v) is 16.6. The summed E-state index contributed by atoms with van der Waals surface area (Å²) in [6.07, 6.45) is 3.39. The van der Waals surface area contributed by atoms with E-state index >= 15 is 0 Å². The highest BCUT2D eigenvalue weighted by molar-refractivity contribution is 7.54. The molecule has 0 rings (SSSR count). The van der Waals surface area contributed by atoms with Crippen LogP contribution in [0.5, 0.6) is 0 Å². The van der Waals surface area contributed by atoms with Crippen molar-refractivity contribution >= 4 is 7.60 Å². The highest BCUT2D eigenvalue weighted by Crippen LogP contribution is 2.60. The quantitative estimate of drug-likeness (QED) is 0.347. The van der Waals surface area contributed by atoms with Crippen molar-refractivity contribution in [3.05, 3.63) is 12.3 Å². The monoisotopic (exact) mass is 335 g/mol. The third-order valence-corrected chi connectivity index (χ3v) is 5.71.